The fourth-order valence-corrected chi connectivity index (χ4v) is 1.64. The number of fused-ring (bicyclic) bond motifs is 1. The summed E-state index contributed by atoms with van der Waals surface area (Å²) >= 11 is 0. The van der Waals surface area contributed by atoms with Crippen LogP contribution in [0.4, 0.5) is 0 Å². The lowest BCUT2D eigenvalue weighted by atomic mass is 10.1. The Bertz CT molecular complexity index is 528. The Morgan fingerprint density at radius 2 is 1.93 bits per heavy atom. The lowest BCUT2D eigenvalue weighted by Gasteiger charge is -2.05. The van der Waals surface area contributed by atoms with Crippen LogP contribution in [0.25, 0.3) is 10.8 Å². The maximum atomic E-state index is 11.7. The number of hydrogen-bond donors (Lipinski definition) is 0. The van der Waals surface area contributed by atoms with Crippen LogP contribution in [0.2, 0.25) is 0 Å². The molecular weight excluding hydrogens is 176 g/mol. The molecule has 0 aliphatic rings. The third-order valence-corrected chi connectivity index (χ3v) is 2.37. The molecule has 72 valence electrons. The number of aryl methyl sites for hydroxylation is 2. The van der Waals surface area contributed by atoms with Crippen molar-refractivity contribution in [1.82, 2.24) is 9.78 Å². The van der Waals surface area contributed by atoms with E-state index >= 15 is 0 Å². The molecule has 0 atom stereocenters. The van der Waals surface area contributed by atoms with E-state index in [1.165, 1.54) is 4.68 Å². The van der Waals surface area contributed by atoms with Gasteiger partial charge in [0.05, 0.1) is 11.1 Å². The molecule has 0 spiro atoms. The Morgan fingerprint density at radius 3 is 2.57 bits per heavy atom. The summed E-state index contributed by atoms with van der Waals surface area (Å²) in [5.74, 6) is 0. The van der Waals surface area contributed by atoms with E-state index < -0.39 is 0 Å². The molecule has 0 unspecified atom stereocenters. The van der Waals surface area contributed by atoms with Crippen molar-refractivity contribution in [3.63, 3.8) is 0 Å². The van der Waals surface area contributed by atoms with Gasteiger partial charge >= 0.3 is 0 Å². The van der Waals surface area contributed by atoms with E-state index in [9.17, 15) is 4.79 Å². The zero-order valence-electron chi connectivity index (χ0n) is 8.32. The zero-order chi connectivity index (χ0) is 10.1. The van der Waals surface area contributed by atoms with Crippen molar-refractivity contribution in [2.75, 3.05) is 0 Å². The predicted molar refractivity (Wildman–Crippen MR) is 56.4 cm³/mol. The standard InChI is InChI=1S/C11H12N2O/c1-3-10-8-6-4-5-7-9(8)11(14)13(2)12-10/h4-7H,3H2,1-2H3. The minimum atomic E-state index is -0.0298. The van der Waals surface area contributed by atoms with Gasteiger partial charge < -0.3 is 0 Å². The second kappa shape index (κ2) is 3.25. The molecule has 0 radical (unpaired) electrons. The Labute approximate surface area is 82.0 Å². The van der Waals surface area contributed by atoms with Gasteiger partial charge in [0.25, 0.3) is 5.56 Å². The third kappa shape index (κ3) is 1.21. The van der Waals surface area contributed by atoms with Gasteiger partial charge in [-0.05, 0) is 12.5 Å². The zero-order valence-corrected chi connectivity index (χ0v) is 8.32. The van der Waals surface area contributed by atoms with Crippen LogP contribution in [0.3, 0.4) is 0 Å². The highest BCUT2D eigenvalue weighted by atomic mass is 16.1. The summed E-state index contributed by atoms with van der Waals surface area (Å²) in [5, 5.41) is 5.95. The Morgan fingerprint density at radius 1 is 1.29 bits per heavy atom. The van der Waals surface area contributed by atoms with Crippen LogP contribution in [0, 0.1) is 0 Å². The lowest BCUT2D eigenvalue weighted by molar-refractivity contribution is 0.694. The van der Waals surface area contributed by atoms with Gasteiger partial charge in [-0.25, -0.2) is 4.68 Å². The molecule has 0 saturated carbocycles. The largest absolute Gasteiger partial charge is 0.274 e. The molecule has 2 aromatic rings. The SMILES string of the molecule is CCc1nn(C)c(=O)c2ccccc12. The summed E-state index contributed by atoms with van der Waals surface area (Å²) in [6, 6.07) is 7.60. The molecule has 0 fully saturated rings. The number of aromatic nitrogens is 2. The molecule has 1 aromatic carbocycles. The Kier molecular flexibility index (Phi) is 2.08. The van der Waals surface area contributed by atoms with Crippen LogP contribution in [0.15, 0.2) is 29.1 Å². The number of benzene rings is 1. The Balaban J connectivity index is 2.97. The average Bonchev–Trinajstić information content (AvgIpc) is 2.23. The second-order valence-electron chi connectivity index (χ2n) is 3.27. The first-order valence-electron chi connectivity index (χ1n) is 4.69. The number of nitrogens with zero attached hydrogens (tertiary/aromatic N) is 2. The molecule has 0 N–H and O–H groups in total. The monoisotopic (exact) mass is 188 g/mol. The number of rotatable bonds is 1. The average molecular weight is 188 g/mol. The fraction of sp³-hybridized carbons (Fsp3) is 0.273. The van der Waals surface area contributed by atoms with Gasteiger partial charge in [0, 0.05) is 12.4 Å². The van der Waals surface area contributed by atoms with E-state index in [4.69, 9.17) is 0 Å². The molecule has 3 nitrogen and oxygen atoms in total. The van der Waals surface area contributed by atoms with Crippen molar-refractivity contribution < 1.29 is 0 Å². The predicted octanol–water partition coefficient (Wildman–Crippen LogP) is 1.50. The van der Waals surface area contributed by atoms with E-state index in [-0.39, 0.29) is 5.56 Å². The van der Waals surface area contributed by atoms with Gasteiger partial charge in [0.15, 0.2) is 0 Å². The molecule has 2 rings (SSSR count). The lowest BCUT2D eigenvalue weighted by Crippen LogP contribution is -2.21. The van der Waals surface area contributed by atoms with Gasteiger partial charge in [0.1, 0.15) is 0 Å². The van der Waals surface area contributed by atoms with Gasteiger partial charge in [0.2, 0.25) is 0 Å². The number of hydrogen-bond acceptors (Lipinski definition) is 2. The molecule has 3 heteroatoms. The van der Waals surface area contributed by atoms with Crippen molar-refractivity contribution in [3.05, 3.63) is 40.3 Å². The van der Waals surface area contributed by atoms with Crippen LogP contribution < -0.4 is 5.56 Å². The van der Waals surface area contributed by atoms with Gasteiger partial charge in [-0.3, -0.25) is 4.79 Å². The molecule has 1 aromatic heterocycles. The van der Waals surface area contributed by atoms with Crippen molar-refractivity contribution in [2.24, 2.45) is 7.05 Å². The van der Waals surface area contributed by atoms with Crippen LogP contribution in [0.1, 0.15) is 12.6 Å². The summed E-state index contributed by atoms with van der Waals surface area (Å²) in [5.41, 5.74) is 0.945. The second-order valence-corrected chi connectivity index (χ2v) is 3.27. The summed E-state index contributed by atoms with van der Waals surface area (Å²) in [6.45, 7) is 2.04. The highest BCUT2D eigenvalue weighted by Gasteiger charge is 2.05. The molecule has 14 heavy (non-hydrogen) atoms. The quantitative estimate of drug-likeness (QED) is 0.679. The van der Waals surface area contributed by atoms with Gasteiger partial charge in [-0.2, -0.15) is 5.10 Å². The summed E-state index contributed by atoms with van der Waals surface area (Å²) in [4.78, 5) is 11.7. The minimum Gasteiger partial charge on any atom is -0.267 e. The topological polar surface area (TPSA) is 34.9 Å². The maximum Gasteiger partial charge on any atom is 0.274 e. The summed E-state index contributed by atoms with van der Waals surface area (Å²) in [6.07, 6.45) is 0.842. The third-order valence-electron chi connectivity index (χ3n) is 2.37. The normalized spacial score (nSPS) is 10.7. The first-order chi connectivity index (χ1) is 6.74. The first kappa shape index (κ1) is 8.94. The fourth-order valence-electron chi connectivity index (χ4n) is 1.64. The summed E-state index contributed by atoms with van der Waals surface area (Å²) in [7, 11) is 1.69. The first-order valence-corrected chi connectivity index (χ1v) is 4.69. The minimum absolute atomic E-state index is 0.0298. The maximum absolute atomic E-state index is 11.7. The van der Waals surface area contributed by atoms with Crippen LogP contribution in [-0.4, -0.2) is 9.78 Å². The van der Waals surface area contributed by atoms with E-state index in [0.29, 0.717) is 0 Å². The molecule has 1 heterocycles. The van der Waals surface area contributed by atoms with Gasteiger partial charge in [-0.15, -0.1) is 0 Å². The van der Waals surface area contributed by atoms with E-state index in [1.807, 2.05) is 31.2 Å². The van der Waals surface area contributed by atoms with Crippen molar-refractivity contribution >= 4 is 10.8 Å². The van der Waals surface area contributed by atoms with Crippen LogP contribution >= 0.6 is 0 Å². The van der Waals surface area contributed by atoms with E-state index in [0.717, 1.165) is 22.9 Å². The molecule has 0 amide bonds. The molecule has 0 aliphatic carbocycles. The van der Waals surface area contributed by atoms with E-state index in [2.05, 4.69) is 5.10 Å². The molecule has 0 aliphatic heterocycles. The van der Waals surface area contributed by atoms with Crippen molar-refractivity contribution in [3.8, 4) is 0 Å². The van der Waals surface area contributed by atoms with Crippen molar-refractivity contribution in [1.29, 1.82) is 0 Å². The van der Waals surface area contributed by atoms with Crippen LogP contribution in [0.5, 0.6) is 0 Å². The molecular formula is C11H12N2O. The summed E-state index contributed by atoms with van der Waals surface area (Å²) < 4.78 is 1.40. The highest BCUT2D eigenvalue weighted by molar-refractivity contribution is 5.83. The highest BCUT2D eigenvalue weighted by Crippen LogP contribution is 2.12. The van der Waals surface area contributed by atoms with E-state index in [1.54, 1.807) is 7.05 Å². The van der Waals surface area contributed by atoms with Crippen molar-refractivity contribution in [2.45, 2.75) is 13.3 Å². The smallest absolute Gasteiger partial charge is 0.267 e. The Hall–Kier alpha value is -1.64. The van der Waals surface area contributed by atoms with Crippen LogP contribution in [-0.2, 0) is 13.5 Å². The van der Waals surface area contributed by atoms with Gasteiger partial charge in [-0.1, -0.05) is 25.1 Å². The molecule has 0 bridgehead atoms. The molecule has 0 saturated heterocycles.